The Labute approximate surface area is 181 Å². The van der Waals surface area contributed by atoms with E-state index in [1.54, 1.807) is 35.0 Å². The number of halogens is 1. The number of hydrogen-bond acceptors (Lipinski definition) is 6. The van der Waals surface area contributed by atoms with Crippen molar-refractivity contribution in [2.75, 3.05) is 11.1 Å². The van der Waals surface area contributed by atoms with E-state index in [0.29, 0.717) is 34.8 Å². The van der Waals surface area contributed by atoms with Gasteiger partial charge in [-0.05, 0) is 36.4 Å². The number of amides is 1. The summed E-state index contributed by atoms with van der Waals surface area (Å²) in [5.74, 6) is 0.773. The van der Waals surface area contributed by atoms with Crippen molar-refractivity contribution >= 4 is 46.0 Å². The van der Waals surface area contributed by atoms with Crippen LogP contribution in [0.3, 0.4) is 0 Å². The number of anilines is 1. The molecule has 0 aliphatic heterocycles. The number of aromatic nitrogens is 6. The maximum Gasteiger partial charge on any atom is 0.234 e. The highest BCUT2D eigenvalue weighted by molar-refractivity contribution is 7.99. The summed E-state index contributed by atoms with van der Waals surface area (Å²) in [5, 5.41) is 21.0. The minimum Gasteiger partial charge on any atom is -0.325 e. The molecule has 2 aromatic heterocycles. The third kappa shape index (κ3) is 4.52. The molecule has 10 heteroatoms. The van der Waals surface area contributed by atoms with E-state index in [2.05, 4.69) is 32.4 Å². The van der Waals surface area contributed by atoms with Gasteiger partial charge in [-0.2, -0.15) is 0 Å². The van der Waals surface area contributed by atoms with Crippen molar-refractivity contribution in [1.82, 2.24) is 29.8 Å². The van der Waals surface area contributed by atoms with Crippen LogP contribution in [-0.2, 0) is 17.9 Å². The molecule has 0 spiro atoms. The van der Waals surface area contributed by atoms with Crippen LogP contribution < -0.4 is 5.32 Å². The van der Waals surface area contributed by atoms with Crippen molar-refractivity contribution in [2.45, 2.75) is 18.2 Å². The standard InChI is InChI=1S/C20H18ClN7OS/c1-2-11-27-18(12-28-17-6-4-3-5-16(17)23-26-28)24-25-20(27)30-13-19(29)22-15-9-7-14(21)8-10-15/h2-10H,1,11-13H2,(H,22,29). The molecule has 0 atom stereocenters. The Bertz CT molecular complexity index is 1190. The second kappa shape index (κ2) is 9.10. The highest BCUT2D eigenvalue weighted by atomic mass is 35.5. The lowest BCUT2D eigenvalue weighted by Gasteiger charge is -2.08. The maximum atomic E-state index is 12.3. The summed E-state index contributed by atoms with van der Waals surface area (Å²) in [6, 6.07) is 14.7. The molecule has 0 saturated carbocycles. The molecule has 0 bridgehead atoms. The minimum atomic E-state index is -0.140. The van der Waals surface area contributed by atoms with E-state index >= 15 is 0 Å². The van der Waals surface area contributed by atoms with Crippen molar-refractivity contribution in [3.63, 3.8) is 0 Å². The summed E-state index contributed by atoms with van der Waals surface area (Å²) in [6.45, 7) is 4.75. The van der Waals surface area contributed by atoms with Gasteiger partial charge in [0.05, 0.1) is 11.3 Å². The second-order valence-corrected chi connectivity index (χ2v) is 7.76. The van der Waals surface area contributed by atoms with Crippen LogP contribution in [0.1, 0.15) is 5.82 Å². The molecule has 30 heavy (non-hydrogen) atoms. The van der Waals surface area contributed by atoms with Crippen molar-refractivity contribution in [1.29, 1.82) is 0 Å². The number of para-hydroxylation sites is 1. The van der Waals surface area contributed by atoms with Gasteiger partial charge in [0, 0.05) is 17.3 Å². The van der Waals surface area contributed by atoms with E-state index in [9.17, 15) is 4.79 Å². The zero-order valence-corrected chi connectivity index (χ0v) is 17.5. The lowest BCUT2D eigenvalue weighted by molar-refractivity contribution is -0.113. The first-order valence-corrected chi connectivity index (χ1v) is 10.5. The average molecular weight is 440 g/mol. The average Bonchev–Trinajstić information content (AvgIpc) is 3.33. The number of carbonyl (C=O) groups is 1. The fourth-order valence-electron chi connectivity index (χ4n) is 2.88. The van der Waals surface area contributed by atoms with Gasteiger partial charge in [-0.1, -0.05) is 46.8 Å². The molecule has 0 unspecified atom stereocenters. The van der Waals surface area contributed by atoms with Crippen LogP contribution >= 0.6 is 23.4 Å². The van der Waals surface area contributed by atoms with Gasteiger partial charge in [0.1, 0.15) is 12.1 Å². The molecule has 0 fully saturated rings. The van der Waals surface area contributed by atoms with E-state index in [4.69, 9.17) is 11.6 Å². The predicted octanol–water partition coefficient (Wildman–Crippen LogP) is 3.64. The van der Waals surface area contributed by atoms with Crippen LogP contribution in [0.15, 0.2) is 66.3 Å². The smallest absolute Gasteiger partial charge is 0.234 e. The van der Waals surface area contributed by atoms with Gasteiger partial charge in [-0.25, -0.2) is 4.68 Å². The zero-order valence-electron chi connectivity index (χ0n) is 15.9. The van der Waals surface area contributed by atoms with E-state index in [1.807, 2.05) is 28.8 Å². The van der Waals surface area contributed by atoms with E-state index in [0.717, 1.165) is 11.0 Å². The second-order valence-electron chi connectivity index (χ2n) is 6.38. The van der Waals surface area contributed by atoms with Gasteiger partial charge in [0.15, 0.2) is 11.0 Å². The number of nitrogens with zero attached hydrogens (tertiary/aromatic N) is 6. The van der Waals surface area contributed by atoms with Crippen molar-refractivity contribution in [3.8, 4) is 0 Å². The Morgan fingerprint density at radius 3 is 2.73 bits per heavy atom. The first kappa shape index (κ1) is 20.1. The molecular weight excluding hydrogens is 422 g/mol. The Balaban J connectivity index is 1.46. The molecule has 0 saturated heterocycles. The van der Waals surface area contributed by atoms with Crippen molar-refractivity contribution in [2.24, 2.45) is 0 Å². The third-order valence-corrected chi connectivity index (χ3v) is 5.50. The summed E-state index contributed by atoms with van der Waals surface area (Å²) >= 11 is 7.18. The highest BCUT2D eigenvalue weighted by Gasteiger charge is 2.15. The van der Waals surface area contributed by atoms with Gasteiger partial charge in [0.2, 0.25) is 5.91 Å². The molecule has 152 valence electrons. The van der Waals surface area contributed by atoms with Crippen LogP contribution in [0.5, 0.6) is 0 Å². The summed E-state index contributed by atoms with van der Waals surface area (Å²) in [4.78, 5) is 12.3. The molecule has 0 aliphatic carbocycles. The number of thioether (sulfide) groups is 1. The van der Waals surface area contributed by atoms with Crippen LogP contribution in [-0.4, -0.2) is 41.4 Å². The van der Waals surface area contributed by atoms with Crippen LogP contribution in [0.2, 0.25) is 5.02 Å². The number of carbonyl (C=O) groups excluding carboxylic acids is 1. The fourth-order valence-corrected chi connectivity index (χ4v) is 3.78. The van der Waals surface area contributed by atoms with Crippen LogP contribution in [0.25, 0.3) is 11.0 Å². The summed E-state index contributed by atoms with van der Waals surface area (Å²) in [6.07, 6.45) is 1.77. The summed E-state index contributed by atoms with van der Waals surface area (Å²) in [5.41, 5.74) is 2.43. The number of fused-ring (bicyclic) bond motifs is 1. The largest absolute Gasteiger partial charge is 0.325 e. The molecule has 2 aromatic carbocycles. The lowest BCUT2D eigenvalue weighted by atomic mass is 10.3. The lowest BCUT2D eigenvalue weighted by Crippen LogP contribution is -2.15. The van der Waals surface area contributed by atoms with Crippen LogP contribution in [0, 0.1) is 0 Å². The maximum absolute atomic E-state index is 12.3. The van der Waals surface area contributed by atoms with Gasteiger partial charge in [-0.3, -0.25) is 4.79 Å². The number of hydrogen-bond donors (Lipinski definition) is 1. The third-order valence-electron chi connectivity index (χ3n) is 4.28. The van der Waals surface area contributed by atoms with E-state index in [-0.39, 0.29) is 11.7 Å². The van der Waals surface area contributed by atoms with Gasteiger partial charge >= 0.3 is 0 Å². The predicted molar refractivity (Wildman–Crippen MR) is 118 cm³/mol. The van der Waals surface area contributed by atoms with Crippen molar-refractivity contribution < 1.29 is 4.79 Å². The monoisotopic (exact) mass is 439 g/mol. The molecular formula is C20H18ClN7OS. The molecule has 2 heterocycles. The Kier molecular flexibility index (Phi) is 6.10. The first-order valence-electron chi connectivity index (χ1n) is 9.13. The van der Waals surface area contributed by atoms with Gasteiger partial charge < -0.3 is 9.88 Å². The van der Waals surface area contributed by atoms with Crippen LogP contribution in [0.4, 0.5) is 5.69 Å². The number of benzene rings is 2. The zero-order chi connectivity index (χ0) is 20.9. The molecule has 0 aliphatic rings. The molecule has 0 radical (unpaired) electrons. The number of nitrogens with one attached hydrogen (secondary N) is 1. The topological polar surface area (TPSA) is 90.5 Å². The SMILES string of the molecule is C=CCn1c(Cn2nnc3ccccc32)nnc1SCC(=O)Nc1ccc(Cl)cc1. The van der Waals surface area contributed by atoms with E-state index < -0.39 is 0 Å². The van der Waals surface area contributed by atoms with Gasteiger partial charge in [-0.15, -0.1) is 21.9 Å². The summed E-state index contributed by atoms with van der Waals surface area (Å²) < 4.78 is 3.70. The highest BCUT2D eigenvalue weighted by Crippen LogP contribution is 2.20. The number of rotatable bonds is 8. The van der Waals surface area contributed by atoms with E-state index in [1.165, 1.54) is 11.8 Å². The quantitative estimate of drug-likeness (QED) is 0.333. The minimum absolute atomic E-state index is 0.140. The normalized spacial score (nSPS) is 11.0. The van der Waals surface area contributed by atoms with Crippen molar-refractivity contribution in [3.05, 3.63) is 72.0 Å². The molecule has 8 nitrogen and oxygen atoms in total. The molecule has 1 N–H and O–H groups in total. The number of allylic oxidation sites excluding steroid dienone is 1. The van der Waals surface area contributed by atoms with Gasteiger partial charge in [0.25, 0.3) is 0 Å². The first-order chi connectivity index (χ1) is 14.6. The Morgan fingerprint density at radius 2 is 1.93 bits per heavy atom. The Morgan fingerprint density at radius 1 is 1.13 bits per heavy atom. The molecule has 4 aromatic rings. The fraction of sp³-hybridized carbons (Fsp3) is 0.150. The Hall–Kier alpha value is -3.17. The summed E-state index contributed by atoms with van der Waals surface area (Å²) in [7, 11) is 0. The molecule has 1 amide bonds. The molecule has 4 rings (SSSR count).